The Morgan fingerprint density at radius 2 is 2.09 bits per heavy atom. The van der Waals surface area contributed by atoms with E-state index in [1.807, 2.05) is 0 Å². The molecule has 0 amide bonds. The SMILES string of the molecule is Cc1[nH]c(C(=O)O)c(C)c1N. The van der Waals surface area contributed by atoms with E-state index in [0.29, 0.717) is 16.9 Å². The van der Waals surface area contributed by atoms with Gasteiger partial charge in [0, 0.05) is 11.3 Å². The molecule has 1 heterocycles. The molecule has 0 spiro atoms. The number of carbonyl (C=O) groups is 1. The fourth-order valence-electron chi connectivity index (χ4n) is 0.978. The first kappa shape index (κ1) is 7.65. The zero-order chi connectivity index (χ0) is 8.59. The molecule has 4 heteroatoms. The second kappa shape index (κ2) is 2.30. The molecule has 1 rings (SSSR count). The smallest absolute Gasteiger partial charge is 0.352 e. The summed E-state index contributed by atoms with van der Waals surface area (Å²) in [6, 6.07) is 0. The van der Waals surface area contributed by atoms with E-state index in [4.69, 9.17) is 10.8 Å². The molecular weight excluding hydrogens is 144 g/mol. The summed E-state index contributed by atoms with van der Waals surface area (Å²) in [6.45, 7) is 3.43. The lowest BCUT2D eigenvalue weighted by Crippen LogP contribution is -1.98. The van der Waals surface area contributed by atoms with Gasteiger partial charge >= 0.3 is 5.97 Å². The summed E-state index contributed by atoms with van der Waals surface area (Å²) in [5.41, 5.74) is 7.57. The van der Waals surface area contributed by atoms with Crippen LogP contribution in [-0.2, 0) is 0 Å². The molecule has 60 valence electrons. The maximum Gasteiger partial charge on any atom is 0.352 e. The largest absolute Gasteiger partial charge is 0.477 e. The number of anilines is 1. The van der Waals surface area contributed by atoms with Gasteiger partial charge in [0.15, 0.2) is 0 Å². The molecule has 0 saturated carbocycles. The second-order valence-electron chi connectivity index (χ2n) is 2.47. The van der Waals surface area contributed by atoms with Crippen LogP contribution < -0.4 is 5.73 Å². The van der Waals surface area contributed by atoms with Gasteiger partial charge in [-0.05, 0) is 13.8 Å². The summed E-state index contributed by atoms with van der Waals surface area (Å²) in [7, 11) is 0. The highest BCUT2D eigenvalue weighted by Crippen LogP contribution is 2.19. The summed E-state index contributed by atoms with van der Waals surface area (Å²) in [5, 5.41) is 8.62. The number of nitrogens with one attached hydrogen (secondary N) is 1. The van der Waals surface area contributed by atoms with Crippen molar-refractivity contribution in [3.05, 3.63) is 17.0 Å². The van der Waals surface area contributed by atoms with Gasteiger partial charge in [-0.1, -0.05) is 0 Å². The van der Waals surface area contributed by atoms with Crippen LogP contribution in [0.15, 0.2) is 0 Å². The number of hydrogen-bond donors (Lipinski definition) is 3. The number of nitrogen functional groups attached to an aromatic ring is 1. The van der Waals surface area contributed by atoms with Crippen LogP contribution in [0.25, 0.3) is 0 Å². The molecule has 1 aromatic heterocycles. The first-order valence-electron chi connectivity index (χ1n) is 3.22. The summed E-state index contributed by atoms with van der Waals surface area (Å²) in [4.78, 5) is 13.2. The van der Waals surface area contributed by atoms with E-state index in [-0.39, 0.29) is 5.69 Å². The molecular formula is C7H10N2O2. The van der Waals surface area contributed by atoms with Gasteiger partial charge in [-0.2, -0.15) is 0 Å². The third kappa shape index (κ3) is 1.07. The highest BCUT2D eigenvalue weighted by molar-refractivity contribution is 5.89. The molecule has 0 aliphatic heterocycles. The Morgan fingerprint density at radius 3 is 2.27 bits per heavy atom. The first-order valence-corrected chi connectivity index (χ1v) is 3.22. The molecule has 0 saturated heterocycles. The zero-order valence-corrected chi connectivity index (χ0v) is 6.43. The highest BCUT2D eigenvalue weighted by Gasteiger charge is 2.13. The highest BCUT2D eigenvalue weighted by atomic mass is 16.4. The number of H-pyrrole nitrogens is 1. The molecule has 11 heavy (non-hydrogen) atoms. The molecule has 0 atom stereocenters. The lowest BCUT2D eigenvalue weighted by molar-refractivity contribution is 0.0690. The van der Waals surface area contributed by atoms with Crippen molar-refractivity contribution in [3.63, 3.8) is 0 Å². The van der Waals surface area contributed by atoms with Gasteiger partial charge in [-0.15, -0.1) is 0 Å². The van der Waals surface area contributed by atoms with Gasteiger partial charge in [0.2, 0.25) is 0 Å². The Kier molecular flexibility index (Phi) is 1.60. The average molecular weight is 154 g/mol. The molecule has 0 radical (unpaired) electrons. The summed E-state index contributed by atoms with van der Waals surface area (Å²) in [6.07, 6.45) is 0. The van der Waals surface area contributed by atoms with Crippen molar-refractivity contribution in [1.82, 2.24) is 4.98 Å². The summed E-state index contributed by atoms with van der Waals surface area (Å²) < 4.78 is 0. The summed E-state index contributed by atoms with van der Waals surface area (Å²) >= 11 is 0. The quantitative estimate of drug-likeness (QED) is 0.562. The molecule has 0 aliphatic rings. The predicted molar refractivity (Wildman–Crippen MR) is 41.6 cm³/mol. The minimum Gasteiger partial charge on any atom is -0.477 e. The number of aromatic amines is 1. The van der Waals surface area contributed by atoms with Crippen molar-refractivity contribution in [2.24, 2.45) is 0 Å². The van der Waals surface area contributed by atoms with Gasteiger partial charge in [-0.25, -0.2) is 4.79 Å². The average Bonchev–Trinajstić information content (AvgIpc) is 2.17. The lowest BCUT2D eigenvalue weighted by Gasteiger charge is -1.90. The number of nitrogens with two attached hydrogens (primary N) is 1. The number of hydrogen-bond acceptors (Lipinski definition) is 2. The number of carboxylic acids is 1. The van der Waals surface area contributed by atoms with Gasteiger partial charge in [-0.3, -0.25) is 0 Å². The minimum absolute atomic E-state index is 0.181. The van der Waals surface area contributed by atoms with E-state index in [2.05, 4.69) is 4.98 Å². The van der Waals surface area contributed by atoms with Crippen molar-refractivity contribution in [3.8, 4) is 0 Å². The Bertz CT molecular complexity index is 302. The van der Waals surface area contributed by atoms with Crippen LogP contribution in [0.4, 0.5) is 5.69 Å². The number of rotatable bonds is 1. The van der Waals surface area contributed by atoms with Crippen LogP contribution in [0.2, 0.25) is 0 Å². The van der Waals surface area contributed by atoms with E-state index in [0.717, 1.165) is 0 Å². The number of carboxylic acid groups (broad SMARTS) is 1. The fraction of sp³-hybridized carbons (Fsp3) is 0.286. The Hall–Kier alpha value is -1.45. The number of aryl methyl sites for hydroxylation is 1. The van der Waals surface area contributed by atoms with E-state index < -0.39 is 5.97 Å². The van der Waals surface area contributed by atoms with Crippen LogP contribution in [0.1, 0.15) is 21.7 Å². The standard InChI is InChI=1S/C7H10N2O2/c1-3-5(8)4(2)9-6(3)7(10)11/h9H,8H2,1-2H3,(H,10,11). The van der Waals surface area contributed by atoms with Gasteiger partial charge < -0.3 is 15.8 Å². The van der Waals surface area contributed by atoms with Crippen molar-refractivity contribution >= 4 is 11.7 Å². The predicted octanol–water partition coefficient (Wildman–Crippen LogP) is 0.912. The molecule has 0 unspecified atom stereocenters. The van der Waals surface area contributed by atoms with Crippen LogP contribution in [0.5, 0.6) is 0 Å². The fourth-order valence-corrected chi connectivity index (χ4v) is 0.978. The number of aromatic carboxylic acids is 1. The van der Waals surface area contributed by atoms with Crippen molar-refractivity contribution in [2.45, 2.75) is 13.8 Å². The van der Waals surface area contributed by atoms with Crippen molar-refractivity contribution in [1.29, 1.82) is 0 Å². The molecule has 1 aromatic rings. The van der Waals surface area contributed by atoms with Crippen LogP contribution in [0.3, 0.4) is 0 Å². The molecule has 4 N–H and O–H groups in total. The van der Waals surface area contributed by atoms with Crippen LogP contribution >= 0.6 is 0 Å². The molecule has 0 aliphatic carbocycles. The molecule has 0 fully saturated rings. The monoisotopic (exact) mass is 154 g/mol. The zero-order valence-electron chi connectivity index (χ0n) is 6.43. The lowest BCUT2D eigenvalue weighted by atomic mass is 10.2. The molecule has 4 nitrogen and oxygen atoms in total. The second-order valence-corrected chi connectivity index (χ2v) is 2.47. The van der Waals surface area contributed by atoms with E-state index in [9.17, 15) is 4.79 Å². The Morgan fingerprint density at radius 1 is 1.55 bits per heavy atom. The van der Waals surface area contributed by atoms with Crippen molar-refractivity contribution < 1.29 is 9.90 Å². The number of aromatic nitrogens is 1. The first-order chi connectivity index (χ1) is 5.04. The van der Waals surface area contributed by atoms with E-state index in [1.165, 1.54) is 0 Å². The summed E-state index contributed by atoms with van der Waals surface area (Å²) in [5.74, 6) is -0.970. The third-order valence-corrected chi connectivity index (χ3v) is 1.71. The minimum atomic E-state index is -0.970. The van der Waals surface area contributed by atoms with Crippen LogP contribution in [-0.4, -0.2) is 16.1 Å². The molecule has 0 bridgehead atoms. The van der Waals surface area contributed by atoms with Gasteiger partial charge in [0.05, 0.1) is 5.69 Å². The van der Waals surface area contributed by atoms with Gasteiger partial charge in [0.25, 0.3) is 0 Å². The van der Waals surface area contributed by atoms with Crippen molar-refractivity contribution in [2.75, 3.05) is 5.73 Å². The Labute approximate surface area is 64.0 Å². The van der Waals surface area contributed by atoms with E-state index in [1.54, 1.807) is 13.8 Å². The van der Waals surface area contributed by atoms with Crippen LogP contribution in [0, 0.1) is 13.8 Å². The maximum atomic E-state index is 10.5. The Balaban J connectivity index is 3.29. The third-order valence-electron chi connectivity index (χ3n) is 1.71. The topological polar surface area (TPSA) is 79.1 Å². The van der Waals surface area contributed by atoms with Gasteiger partial charge in [0.1, 0.15) is 5.69 Å². The molecule has 0 aromatic carbocycles. The van der Waals surface area contributed by atoms with E-state index >= 15 is 0 Å². The normalized spacial score (nSPS) is 10.0. The maximum absolute atomic E-state index is 10.5.